The Hall–Kier alpha value is -1.39. The first-order valence-electron chi connectivity index (χ1n) is 6.42. The first kappa shape index (κ1) is 14.7. The summed E-state index contributed by atoms with van der Waals surface area (Å²) in [5.74, 6) is -0.705. The number of carbonyl (C=O) groups excluding carboxylic acids is 3. The topological polar surface area (TPSA) is 72.5 Å². The van der Waals surface area contributed by atoms with Crippen molar-refractivity contribution < 1.29 is 19.1 Å². The molecule has 0 aromatic rings. The molecule has 0 heterocycles. The van der Waals surface area contributed by atoms with Gasteiger partial charge in [-0.2, -0.15) is 0 Å². The Kier molecular flexibility index (Phi) is 5.82. The van der Waals surface area contributed by atoms with Crippen LogP contribution in [0.2, 0.25) is 0 Å². The lowest BCUT2D eigenvalue weighted by molar-refractivity contribution is -0.145. The summed E-state index contributed by atoms with van der Waals surface area (Å²) in [5.41, 5.74) is 0. The molecule has 0 bridgehead atoms. The molecular formula is C13H21NO4. The lowest BCUT2D eigenvalue weighted by Crippen LogP contribution is -2.42. The minimum absolute atomic E-state index is 0.136. The number of esters is 1. The fraction of sp³-hybridized carbons (Fsp3) is 0.769. The fourth-order valence-electron chi connectivity index (χ4n) is 2.37. The monoisotopic (exact) mass is 255 g/mol. The molecule has 102 valence electrons. The standard InChI is InChI=1S/C13H21NO4/c1-9(15)14-11(13(17)18-2)8-10-6-4-3-5-7-12(10)16/h10-11H,3-8H2,1-2H3,(H,14,15). The zero-order chi connectivity index (χ0) is 13.5. The maximum atomic E-state index is 11.9. The van der Waals surface area contributed by atoms with E-state index < -0.39 is 12.0 Å². The molecule has 1 aliphatic rings. The Morgan fingerprint density at radius 2 is 2.11 bits per heavy atom. The van der Waals surface area contributed by atoms with E-state index in [9.17, 15) is 14.4 Å². The summed E-state index contributed by atoms with van der Waals surface area (Å²) < 4.78 is 4.66. The van der Waals surface area contributed by atoms with Gasteiger partial charge in [0, 0.05) is 19.3 Å². The second-order valence-electron chi connectivity index (χ2n) is 4.77. The van der Waals surface area contributed by atoms with Crippen molar-refractivity contribution in [3.8, 4) is 0 Å². The van der Waals surface area contributed by atoms with Gasteiger partial charge in [-0.05, 0) is 19.3 Å². The van der Waals surface area contributed by atoms with Crippen LogP contribution in [-0.2, 0) is 19.1 Å². The molecule has 0 spiro atoms. The molecule has 0 saturated heterocycles. The summed E-state index contributed by atoms with van der Waals surface area (Å²) in [6.07, 6.45) is 4.73. The maximum Gasteiger partial charge on any atom is 0.328 e. The Morgan fingerprint density at radius 3 is 2.72 bits per heavy atom. The van der Waals surface area contributed by atoms with Crippen molar-refractivity contribution in [1.82, 2.24) is 5.32 Å². The first-order valence-corrected chi connectivity index (χ1v) is 6.42. The largest absolute Gasteiger partial charge is 0.467 e. The van der Waals surface area contributed by atoms with Crippen molar-refractivity contribution in [1.29, 1.82) is 0 Å². The van der Waals surface area contributed by atoms with Gasteiger partial charge in [0.2, 0.25) is 5.91 Å². The highest BCUT2D eigenvalue weighted by atomic mass is 16.5. The van der Waals surface area contributed by atoms with Crippen LogP contribution in [0.5, 0.6) is 0 Å². The summed E-state index contributed by atoms with van der Waals surface area (Å²) >= 11 is 0. The minimum Gasteiger partial charge on any atom is -0.467 e. The van der Waals surface area contributed by atoms with E-state index in [4.69, 9.17) is 0 Å². The van der Waals surface area contributed by atoms with Crippen LogP contribution in [0.25, 0.3) is 0 Å². The zero-order valence-corrected chi connectivity index (χ0v) is 11.0. The molecule has 0 aliphatic heterocycles. The quantitative estimate of drug-likeness (QED) is 0.605. The highest BCUT2D eigenvalue weighted by Crippen LogP contribution is 2.24. The van der Waals surface area contributed by atoms with Gasteiger partial charge in [0.05, 0.1) is 7.11 Å². The second kappa shape index (κ2) is 7.13. The van der Waals surface area contributed by atoms with Crippen molar-refractivity contribution in [3.05, 3.63) is 0 Å². The van der Waals surface area contributed by atoms with Crippen molar-refractivity contribution >= 4 is 17.7 Å². The Morgan fingerprint density at radius 1 is 1.39 bits per heavy atom. The molecule has 18 heavy (non-hydrogen) atoms. The molecule has 1 saturated carbocycles. The SMILES string of the molecule is COC(=O)C(CC1CCCCCC1=O)NC(C)=O. The number of nitrogens with one attached hydrogen (secondary N) is 1. The summed E-state index contributed by atoms with van der Waals surface area (Å²) in [4.78, 5) is 34.5. The predicted octanol–water partition coefficient (Wildman–Crippen LogP) is 1.20. The van der Waals surface area contributed by atoms with Gasteiger partial charge in [0.25, 0.3) is 0 Å². The van der Waals surface area contributed by atoms with Gasteiger partial charge in [-0.3, -0.25) is 9.59 Å². The van der Waals surface area contributed by atoms with E-state index in [1.165, 1.54) is 14.0 Å². The van der Waals surface area contributed by atoms with E-state index in [0.717, 1.165) is 25.7 Å². The number of amides is 1. The minimum atomic E-state index is -0.709. The number of hydrogen-bond donors (Lipinski definition) is 1. The van der Waals surface area contributed by atoms with Crippen LogP contribution >= 0.6 is 0 Å². The summed E-state index contributed by atoms with van der Waals surface area (Å²) in [6, 6.07) is -0.709. The van der Waals surface area contributed by atoms with Crippen LogP contribution in [-0.4, -0.2) is 30.8 Å². The second-order valence-corrected chi connectivity index (χ2v) is 4.77. The van der Waals surface area contributed by atoms with E-state index in [0.29, 0.717) is 12.8 Å². The third-order valence-corrected chi connectivity index (χ3v) is 3.31. The van der Waals surface area contributed by atoms with Crippen molar-refractivity contribution in [2.75, 3.05) is 7.11 Å². The molecule has 0 aromatic heterocycles. The van der Waals surface area contributed by atoms with Crippen LogP contribution in [0.1, 0.15) is 45.4 Å². The molecule has 0 radical (unpaired) electrons. The number of hydrogen-bond acceptors (Lipinski definition) is 4. The summed E-state index contributed by atoms with van der Waals surface area (Å²) in [7, 11) is 1.28. The lowest BCUT2D eigenvalue weighted by atomic mass is 9.91. The zero-order valence-electron chi connectivity index (χ0n) is 11.0. The molecule has 1 rings (SSSR count). The normalized spacial score (nSPS) is 21.9. The van der Waals surface area contributed by atoms with Gasteiger partial charge in [0.1, 0.15) is 11.8 Å². The van der Waals surface area contributed by atoms with E-state index in [1.54, 1.807) is 0 Å². The van der Waals surface area contributed by atoms with Crippen LogP contribution in [0, 0.1) is 5.92 Å². The predicted molar refractivity (Wildman–Crippen MR) is 65.8 cm³/mol. The fourth-order valence-corrected chi connectivity index (χ4v) is 2.37. The lowest BCUT2D eigenvalue weighted by Gasteiger charge is -2.20. The van der Waals surface area contributed by atoms with Gasteiger partial charge in [-0.15, -0.1) is 0 Å². The van der Waals surface area contributed by atoms with Gasteiger partial charge >= 0.3 is 5.97 Å². The van der Waals surface area contributed by atoms with E-state index in [1.807, 2.05) is 0 Å². The van der Waals surface area contributed by atoms with Gasteiger partial charge in [-0.25, -0.2) is 4.79 Å². The molecule has 1 N–H and O–H groups in total. The van der Waals surface area contributed by atoms with Crippen LogP contribution in [0.3, 0.4) is 0 Å². The van der Waals surface area contributed by atoms with E-state index >= 15 is 0 Å². The highest BCUT2D eigenvalue weighted by Gasteiger charge is 2.29. The number of ether oxygens (including phenoxy) is 1. The smallest absolute Gasteiger partial charge is 0.328 e. The first-order chi connectivity index (χ1) is 8.54. The van der Waals surface area contributed by atoms with Gasteiger partial charge in [-0.1, -0.05) is 12.8 Å². The molecule has 0 aromatic carbocycles. The van der Waals surface area contributed by atoms with E-state index in [2.05, 4.69) is 10.1 Å². The van der Waals surface area contributed by atoms with E-state index in [-0.39, 0.29) is 17.6 Å². The van der Waals surface area contributed by atoms with Crippen molar-refractivity contribution in [2.24, 2.45) is 5.92 Å². The molecule has 2 atom stereocenters. The third-order valence-electron chi connectivity index (χ3n) is 3.31. The average molecular weight is 255 g/mol. The number of carbonyl (C=O) groups is 3. The molecule has 1 aliphatic carbocycles. The van der Waals surface area contributed by atoms with Crippen LogP contribution in [0.4, 0.5) is 0 Å². The van der Waals surface area contributed by atoms with Gasteiger partial charge in [0.15, 0.2) is 0 Å². The summed E-state index contributed by atoms with van der Waals surface area (Å²) in [6.45, 7) is 1.35. The van der Waals surface area contributed by atoms with Crippen LogP contribution in [0.15, 0.2) is 0 Å². The molecular weight excluding hydrogens is 234 g/mol. The van der Waals surface area contributed by atoms with Crippen molar-refractivity contribution in [2.45, 2.75) is 51.5 Å². The Balaban J connectivity index is 2.65. The van der Waals surface area contributed by atoms with Crippen LogP contribution < -0.4 is 5.32 Å². The number of ketones is 1. The van der Waals surface area contributed by atoms with Gasteiger partial charge < -0.3 is 10.1 Å². The molecule has 5 nitrogen and oxygen atoms in total. The summed E-state index contributed by atoms with van der Waals surface area (Å²) in [5, 5.41) is 2.55. The van der Waals surface area contributed by atoms with Crippen molar-refractivity contribution in [3.63, 3.8) is 0 Å². The molecule has 1 amide bonds. The average Bonchev–Trinajstić information content (AvgIpc) is 2.52. The number of Topliss-reactive ketones (excluding diaryl/α,β-unsaturated/α-hetero) is 1. The highest BCUT2D eigenvalue weighted by molar-refractivity contribution is 5.85. The maximum absolute atomic E-state index is 11.9. The number of methoxy groups -OCH3 is 1. The molecule has 1 fully saturated rings. The number of rotatable bonds is 4. The molecule has 2 unspecified atom stereocenters. The molecule has 5 heteroatoms. The Labute approximate surface area is 107 Å². The Bertz CT molecular complexity index is 327. The third kappa shape index (κ3) is 4.47.